The second-order valence-electron chi connectivity index (χ2n) is 12.3. The Bertz CT molecular complexity index is 1130. The molecule has 1 unspecified atom stereocenters. The molecule has 2 N–H and O–H groups in total. The number of hydrogen-bond acceptors (Lipinski definition) is 4. The van der Waals surface area contributed by atoms with Crippen molar-refractivity contribution in [3.05, 3.63) is 101 Å². The number of halogens is 1. The van der Waals surface area contributed by atoms with Crippen LogP contribution in [-0.4, -0.2) is 44.0 Å². The van der Waals surface area contributed by atoms with E-state index in [4.69, 9.17) is 16.3 Å². The monoisotopic (exact) mass is 611 g/mol. The number of hydrogen-bond donors (Lipinski definition) is 2. The van der Waals surface area contributed by atoms with Crippen LogP contribution in [0.25, 0.3) is 0 Å². The maximum Gasteiger partial charge on any atom is 0.245 e. The van der Waals surface area contributed by atoms with E-state index < -0.39 is 0 Å². The van der Waals surface area contributed by atoms with Gasteiger partial charge in [-0.3, -0.25) is 4.79 Å². The van der Waals surface area contributed by atoms with Crippen molar-refractivity contribution in [1.82, 2.24) is 15.5 Å². The van der Waals surface area contributed by atoms with Gasteiger partial charge in [-0.25, -0.2) is 0 Å². The average Bonchev–Trinajstić information content (AvgIpc) is 2.94. The molecule has 240 valence electrons. The molecular formula is C37H58ClN3O2. The summed E-state index contributed by atoms with van der Waals surface area (Å²) in [6, 6.07) is 15.7. The van der Waals surface area contributed by atoms with Crippen molar-refractivity contribution in [1.29, 1.82) is 0 Å². The summed E-state index contributed by atoms with van der Waals surface area (Å²) in [4.78, 5) is 14.5. The minimum Gasteiger partial charge on any atom is -0.489 e. The van der Waals surface area contributed by atoms with Crippen molar-refractivity contribution in [2.24, 2.45) is 5.41 Å². The number of carbonyl (C=O) groups is 1. The van der Waals surface area contributed by atoms with Crippen LogP contribution < -0.4 is 15.4 Å². The van der Waals surface area contributed by atoms with Crippen LogP contribution in [0.3, 0.4) is 0 Å². The SMILES string of the molecule is C=C(CNC)NC(C(=O)N(C)C/C=C(\C)C(=C)C)C(C)(C)C.CC(C)c1ccc(OCc2ccc(Cl)cc2)cc1.CCC. The number of likely N-dealkylation sites (N-methyl/N-ethyl adjacent to an activating group) is 2. The van der Waals surface area contributed by atoms with Crippen LogP contribution in [0, 0.1) is 5.41 Å². The van der Waals surface area contributed by atoms with Gasteiger partial charge in [-0.2, -0.15) is 0 Å². The van der Waals surface area contributed by atoms with Crippen LogP contribution in [0.5, 0.6) is 5.75 Å². The van der Waals surface area contributed by atoms with Crippen LogP contribution in [0.15, 0.2) is 84.6 Å². The smallest absolute Gasteiger partial charge is 0.245 e. The topological polar surface area (TPSA) is 53.6 Å². The molecule has 0 aliphatic heterocycles. The van der Waals surface area contributed by atoms with Crippen molar-refractivity contribution in [3.8, 4) is 5.75 Å². The first-order valence-corrected chi connectivity index (χ1v) is 15.6. The largest absolute Gasteiger partial charge is 0.489 e. The molecular weight excluding hydrogens is 554 g/mol. The van der Waals surface area contributed by atoms with E-state index in [1.54, 1.807) is 4.90 Å². The van der Waals surface area contributed by atoms with Gasteiger partial charge in [0, 0.05) is 30.9 Å². The summed E-state index contributed by atoms with van der Waals surface area (Å²) in [6.07, 6.45) is 3.28. The van der Waals surface area contributed by atoms with Crippen molar-refractivity contribution >= 4 is 17.5 Å². The number of benzene rings is 2. The van der Waals surface area contributed by atoms with Gasteiger partial charge >= 0.3 is 0 Å². The molecule has 0 heterocycles. The van der Waals surface area contributed by atoms with Gasteiger partial charge in [0.15, 0.2) is 0 Å². The van der Waals surface area contributed by atoms with Crippen LogP contribution in [-0.2, 0) is 11.4 Å². The maximum absolute atomic E-state index is 12.8. The van der Waals surface area contributed by atoms with Crippen LogP contribution in [0.2, 0.25) is 5.02 Å². The number of nitrogens with one attached hydrogen (secondary N) is 2. The van der Waals surface area contributed by atoms with Gasteiger partial charge in [0.05, 0.1) is 0 Å². The lowest BCUT2D eigenvalue weighted by Gasteiger charge is -2.34. The molecule has 5 nitrogen and oxygen atoms in total. The Balaban J connectivity index is 0.000000760. The molecule has 0 aliphatic rings. The highest BCUT2D eigenvalue weighted by molar-refractivity contribution is 6.30. The van der Waals surface area contributed by atoms with E-state index in [-0.39, 0.29) is 17.4 Å². The zero-order valence-corrected chi connectivity index (χ0v) is 29.5. The molecule has 2 aromatic rings. The highest BCUT2D eigenvalue weighted by Crippen LogP contribution is 2.22. The molecule has 0 fully saturated rings. The molecule has 1 amide bonds. The first-order chi connectivity index (χ1) is 20.1. The second kappa shape index (κ2) is 20.8. The predicted octanol–water partition coefficient (Wildman–Crippen LogP) is 9.16. The number of amides is 1. The van der Waals surface area contributed by atoms with E-state index in [0.717, 1.165) is 33.2 Å². The normalized spacial score (nSPS) is 11.8. The zero-order chi connectivity index (χ0) is 33.2. The van der Waals surface area contributed by atoms with Gasteiger partial charge in [-0.15, -0.1) is 0 Å². The first-order valence-electron chi connectivity index (χ1n) is 15.2. The summed E-state index contributed by atoms with van der Waals surface area (Å²) < 4.78 is 5.72. The highest BCUT2D eigenvalue weighted by Gasteiger charge is 2.33. The van der Waals surface area contributed by atoms with Gasteiger partial charge in [0.25, 0.3) is 0 Å². The lowest BCUT2D eigenvalue weighted by molar-refractivity contribution is -0.134. The molecule has 0 aliphatic carbocycles. The molecule has 43 heavy (non-hydrogen) atoms. The second-order valence-corrected chi connectivity index (χ2v) is 12.7. The minimum atomic E-state index is -0.308. The molecule has 2 rings (SSSR count). The van der Waals surface area contributed by atoms with E-state index in [1.165, 1.54) is 12.0 Å². The zero-order valence-electron chi connectivity index (χ0n) is 28.7. The van der Waals surface area contributed by atoms with E-state index in [1.807, 2.05) is 70.4 Å². The Morgan fingerprint density at radius 3 is 2.00 bits per heavy atom. The fourth-order valence-corrected chi connectivity index (χ4v) is 3.70. The number of nitrogens with zero attached hydrogens (tertiary/aromatic N) is 1. The van der Waals surface area contributed by atoms with Crippen molar-refractivity contribution in [3.63, 3.8) is 0 Å². The van der Waals surface area contributed by atoms with Crippen LogP contribution in [0.4, 0.5) is 0 Å². The number of ether oxygens (including phenoxy) is 1. The van der Waals surface area contributed by atoms with Crippen LogP contribution >= 0.6 is 11.6 Å². The van der Waals surface area contributed by atoms with Gasteiger partial charge in [0.2, 0.25) is 5.91 Å². The van der Waals surface area contributed by atoms with E-state index in [9.17, 15) is 4.79 Å². The third kappa shape index (κ3) is 17.0. The van der Waals surface area contributed by atoms with Crippen molar-refractivity contribution in [2.75, 3.05) is 27.2 Å². The van der Waals surface area contributed by atoms with E-state index in [2.05, 4.69) is 84.4 Å². The molecule has 0 saturated carbocycles. The summed E-state index contributed by atoms with van der Waals surface area (Å²) in [5.74, 6) is 1.51. The summed E-state index contributed by atoms with van der Waals surface area (Å²) in [5.41, 5.74) is 5.20. The Hall–Kier alpha value is -3.02. The van der Waals surface area contributed by atoms with Crippen molar-refractivity contribution in [2.45, 2.75) is 87.3 Å². The Morgan fingerprint density at radius 1 is 1.02 bits per heavy atom. The number of carbonyl (C=O) groups excluding carboxylic acids is 1. The van der Waals surface area contributed by atoms with Gasteiger partial charge in [0.1, 0.15) is 18.4 Å². The first kappa shape index (κ1) is 40.0. The summed E-state index contributed by atoms with van der Waals surface area (Å²) >= 11 is 5.84. The van der Waals surface area contributed by atoms with Crippen molar-refractivity contribution < 1.29 is 9.53 Å². The summed E-state index contributed by atoms with van der Waals surface area (Å²) in [6.45, 7) is 28.4. The summed E-state index contributed by atoms with van der Waals surface area (Å²) in [5, 5.41) is 7.05. The molecule has 0 saturated heterocycles. The molecule has 0 radical (unpaired) electrons. The van der Waals surface area contributed by atoms with Gasteiger partial charge in [-0.05, 0) is 67.6 Å². The van der Waals surface area contributed by atoms with Crippen LogP contribution in [0.1, 0.15) is 85.8 Å². The van der Waals surface area contributed by atoms with Gasteiger partial charge < -0.3 is 20.3 Å². The lowest BCUT2D eigenvalue weighted by atomic mass is 9.85. The molecule has 6 heteroatoms. The highest BCUT2D eigenvalue weighted by atomic mass is 35.5. The third-order valence-electron chi connectivity index (χ3n) is 6.44. The maximum atomic E-state index is 12.8. The fraction of sp³-hybridized carbons (Fsp3) is 0.486. The molecule has 1 atom stereocenters. The van der Waals surface area contributed by atoms with E-state index >= 15 is 0 Å². The standard InChI is InChI=1S/C18H33N3O.C16H17ClO.C3H8/c1-13(2)14(3)10-11-21(9)17(22)16(18(5,6)7)20-15(4)12-19-8;1-12(2)14-5-9-16(10-6-14)18-11-13-3-7-15(17)8-4-13;1-3-2/h10,16,19-20H,1,4,11-12H2,2-3,5-9H3;3-10,12H,11H2,1-2H3;3H2,1-2H3/b14-10+;;. The Morgan fingerprint density at radius 2 is 1.56 bits per heavy atom. The molecule has 0 bridgehead atoms. The predicted molar refractivity (Wildman–Crippen MR) is 188 cm³/mol. The fourth-order valence-electron chi connectivity index (χ4n) is 3.57. The minimum absolute atomic E-state index is 0.0653. The molecule has 0 spiro atoms. The molecule has 0 aromatic heterocycles. The quantitative estimate of drug-likeness (QED) is 0.235. The van der Waals surface area contributed by atoms with Gasteiger partial charge in [-0.1, -0.05) is 121 Å². The average molecular weight is 612 g/mol. The third-order valence-corrected chi connectivity index (χ3v) is 6.69. The summed E-state index contributed by atoms with van der Waals surface area (Å²) in [7, 11) is 3.68. The number of allylic oxidation sites excluding steroid dienone is 2. The Labute approximate surface area is 268 Å². The van der Waals surface area contributed by atoms with E-state index in [0.29, 0.717) is 25.6 Å². The number of rotatable bonds is 12. The lowest BCUT2D eigenvalue weighted by Crippen LogP contribution is -2.52. The Kier molecular flexibility index (Phi) is 19.3. The molecule has 2 aromatic carbocycles.